The molecule has 7 nitrogen and oxygen atoms in total. The van der Waals surface area contributed by atoms with Crippen molar-refractivity contribution in [2.24, 2.45) is 0 Å². The minimum absolute atomic E-state index is 0.00741. The van der Waals surface area contributed by atoms with E-state index in [1.807, 2.05) is 18.2 Å². The third kappa shape index (κ3) is 6.92. The number of anilines is 1. The molecule has 0 spiro atoms. The zero-order valence-corrected chi connectivity index (χ0v) is 25.2. The SMILES string of the molecule is Nc1ccc(C=CC(=O)NCc2cc3cc(-c4ccc(C(=O)N5CCC(F)(F)CC5)cc4)cc(-c4ccc(F)c(Cl)c4)c3o2)cn1. The van der Waals surface area contributed by atoms with Crippen LogP contribution in [0.15, 0.2) is 89.5 Å². The van der Waals surface area contributed by atoms with Crippen molar-refractivity contribution in [2.75, 3.05) is 18.8 Å². The number of nitrogens with zero attached hydrogens (tertiary/aromatic N) is 2. The van der Waals surface area contributed by atoms with Gasteiger partial charge in [-0.3, -0.25) is 9.59 Å². The van der Waals surface area contributed by atoms with Crippen LogP contribution in [0.25, 0.3) is 39.3 Å². The Morgan fingerprint density at radius 1 is 0.978 bits per heavy atom. The molecule has 3 heterocycles. The van der Waals surface area contributed by atoms with E-state index in [1.54, 1.807) is 54.7 Å². The summed E-state index contributed by atoms with van der Waals surface area (Å²) in [5.41, 5.74) is 10.1. The van der Waals surface area contributed by atoms with Gasteiger partial charge in [-0.1, -0.05) is 29.8 Å². The molecule has 2 aromatic heterocycles. The summed E-state index contributed by atoms with van der Waals surface area (Å²) in [4.78, 5) is 30.9. The smallest absolute Gasteiger partial charge is 0.253 e. The van der Waals surface area contributed by atoms with E-state index in [2.05, 4.69) is 10.3 Å². The van der Waals surface area contributed by atoms with Crippen molar-refractivity contribution in [3.05, 3.63) is 113 Å². The lowest BCUT2D eigenvalue weighted by Gasteiger charge is -2.31. The molecular weight excluding hydrogens is 617 g/mol. The number of aromatic nitrogens is 1. The number of halogens is 4. The maximum absolute atomic E-state index is 14.0. The van der Waals surface area contributed by atoms with Crippen LogP contribution >= 0.6 is 11.6 Å². The summed E-state index contributed by atoms with van der Waals surface area (Å²) < 4.78 is 47.4. The number of nitrogen functional groups attached to an aromatic ring is 1. The summed E-state index contributed by atoms with van der Waals surface area (Å²) in [6.45, 7) is 0.122. The van der Waals surface area contributed by atoms with Gasteiger partial charge < -0.3 is 20.4 Å². The highest BCUT2D eigenvalue weighted by Gasteiger charge is 2.35. The van der Waals surface area contributed by atoms with Crippen molar-refractivity contribution in [1.82, 2.24) is 15.2 Å². The van der Waals surface area contributed by atoms with Gasteiger partial charge in [0.05, 0.1) is 11.6 Å². The first-order valence-electron chi connectivity index (χ1n) is 14.5. The molecular formula is C35H28ClF3N4O3. The zero-order valence-electron chi connectivity index (χ0n) is 24.4. The second-order valence-electron chi connectivity index (χ2n) is 11.1. The number of hydrogen-bond donors (Lipinski definition) is 2. The molecule has 3 aromatic carbocycles. The maximum atomic E-state index is 14.0. The number of rotatable bonds is 7. The van der Waals surface area contributed by atoms with E-state index in [9.17, 15) is 22.8 Å². The first-order chi connectivity index (χ1) is 22.0. The third-order valence-electron chi connectivity index (χ3n) is 7.82. The largest absolute Gasteiger partial charge is 0.459 e. The lowest BCUT2D eigenvalue weighted by Crippen LogP contribution is -2.42. The number of likely N-dealkylation sites (tertiary alicyclic amines) is 1. The van der Waals surface area contributed by atoms with Crippen LogP contribution in [0, 0.1) is 5.82 Å². The van der Waals surface area contributed by atoms with E-state index in [0.717, 1.165) is 22.1 Å². The highest BCUT2D eigenvalue weighted by atomic mass is 35.5. The van der Waals surface area contributed by atoms with Gasteiger partial charge in [-0.25, -0.2) is 18.2 Å². The Morgan fingerprint density at radius 3 is 2.41 bits per heavy atom. The summed E-state index contributed by atoms with van der Waals surface area (Å²) in [5.74, 6) is -3.05. The number of pyridine rings is 1. The second-order valence-corrected chi connectivity index (χ2v) is 11.5. The monoisotopic (exact) mass is 644 g/mol. The van der Waals surface area contributed by atoms with E-state index in [-0.39, 0.29) is 49.3 Å². The van der Waals surface area contributed by atoms with Crippen molar-refractivity contribution in [1.29, 1.82) is 0 Å². The van der Waals surface area contributed by atoms with E-state index in [4.69, 9.17) is 21.8 Å². The fourth-order valence-corrected chi connectivity index (χ4v) is 5.46. The van der Waals surface area contributed by atoms with Crippen molar-refractivity contribution in [2.45, 2.75) is 25.3 Å². The van der Waals surface area contributed by atoms with Crippen LogP contribution in [0.3, 0.4) is 0 Å². The molecule has 1 aliphatic rings. The Hall–Kier alpha value is -5.09. The maximum Gasteiger partial charge on any atom is 0.253 e. The standard InChI is InChI=1S/C35H28ClF3N4O3/c36-29-18-24(7-8-30(29)37)28-17-25(22-3-5-23(6-4-22)34(45)43-13-11-35(38,39)12-14-43)15-26-16-27(46-33(26)28)20-42-32(44)10-2-21-1-9-31(40)41-19-21/h1-10,15-19H,11-14,20H2,(H2,40,41)(H,42,44). The third-order valence-corrected chi connectivity index (χ3v) is 8.11. The number of benzene rings is 3. The Balaban J connectivity index is 1.26. The fourth-order valence-electron chi connectivity index (χ4n) is 5.28. The highest BCUT2D eigenvalue weighted by molar-refractivity contribution is 6.31. The molecule has 0 unspecified atom stereocenters. The first kappa shape index (κ1) is 30.9. The lowest BCUT2D eigenvalue weighted by molar-refractivity contribution is -0.116. The molecule has 3 N–H and O–H groups in total. The van der Waals surface area contributed by atoms with Gasteiger partial charge in [0.1, 0.15) is 23.0 Å². The summed E-state index contributed by atoms with van der Waals surface area (Å²) in [7, 11) is 0. The van der Waals surface area contributed by atoms with Gasteiger partial charge in [0.25, 0.3) is 11.8 Å². The molecule has 2 amide bonds. The van der Waals surface area contributed by atoms with Crippen LogP contribution in [0.1, 0.15) is 34.5 Å². The van der Waals surface area contributed by atoms with Crippen LogP contribution in [-0.4, -0.2) is 40.7 Å². The summed E-state index contributed by atoms with van der Waals surface area (Å²) in [6, 6.07) is 20.3. The summed E-state index contributed by atoms with van der Waals surface area (Å²) in [5, 5.41) is 3.49. The van der Waals surface area contributed by atoms with Gasteiger partial charge in [0.2, 0.25) is 5.91 Å². The van der Waals surface area contributed by atoms with Crippen LogP contribution in [0.5, 0.6) is 0 Å². The highest BCUT2D eigenvalue weighted by Crippen LogP contribution is 2.37. The van der Waals surface area contributed by atoms with Crippen molar-refractivity contribution < 1.29 is 27.2 Å². The predicted molar refractivity (Wildman–Crippen MR) is 172 cm³/mol. The molecule has 46 heavy (non-hydrogen) atoms. The zero-order chi connectivity index (χ0) is 32.4. The van der Waals surface area contributed by atoms with E-state index in [0.29, 0.717) is 33.9 Å². The van der Waals surface area contributed by atoms with Gasteiger partial charge >= 0.3 is 0 Å². The number of piperidine rings is 1. The second kappa shape index (κ2) is 12.7. The molecule has 6 rings (SSSR count). The number of nitrogens with two attached hydrogens (primary N) is 1. The molecule has 0 saturated carbocycles. The fraction of sp³-hybridized carbons (Fsp3) is 0.171. The van der Waals surface area contributed by atoms with Gasteiger partial charge in [-0.2, -0.15) is 0 Å². The Morgan fingerprint density at radius 2 is 1.72 bits per heavy atom. The number of alkyl halides is 2. The molecule has 0 aliphatic carbocycles. The average molecular weight is 645 g/mol. The Bertz CT molecular complexity index is 1950. The van der Waals surface area contributed by atoms with Gasteiger partial charge in [-0.15, -0.1) is 0 Å². The predicted octanol–water partition coefficient (Wildman–Crippen LogP) is 7.74. The average Bonchev–Trinajstić information content (AvgIpc) is 3.47. The quantitative estimate of drug-likeness (QED) is 0.177. The van der Waals surface area contributed by atoms with Crippen molar-refractivity contribution in [3.8, 4) is 22.3 Å². The molecule has 234 valence electrons. The van der Waals surface area contributed by atoms with E-state index >= 15 is 0 Å². The number of amides is 2. The number of fused-ring (bicyclic) bond motifs is 1. The first-order valence-corrected chi connectivity index (χ1v) is 14.9. The molecule has 5 aromatic rings. The van der Waals surface area contributed by atoms with Crippen LogP contribution in [0.2, 0.25) is 5.02 Å². The topological polar surface area (TPSA) is 101 Å². The molecule has 0 bridgehead atoms. The minimum Gasteiger partial charge on any atom is -0.459 e. The number of hydrogen-bond acceptors (Lipinski definition) is 5. The Labute approximate surface area is 267 Å². The van der Waals surface area contributed by atoms with Gasteiger partial charge in [0.15, 0.2) is 0 Å². The van der Waals surface area contributed by atoms with Crippen LogP contribution in [0.4, 0.5) is 19.0 Å². The van der Waals surface area contributed by atoms with Crippen LogP contribution < -0.4 is 11.1 Å². The van der Waals surface area contributed by atoms with Crippen molar-refractivity contribution in [3.63, 3.8) is 0 Å². The Kier molecular flexibility index (Phi) is 8.55. The van der Waals surface area contributed by atoms with Gasteiger partial charge in [-0.05, 0) is 82.9 Å². The molecule has 1 saturated heterocycles. The number of nitrogens with one attached hydrogen (secondary N) is 1. The number of carbonyl (C=O) groups is 2. The lowest BCUT2D eigenvalue weighted by atomic mass is 9.96. The molecule has 1 fully saturated rings. The number of carbonyl (C=O) groups excluding carboxylic acids is 2. The van der Waals surface area contributed by atoms with Crippen LogP contribution in [-0.2, 0) is 11.3 Å². The van der Waals surface area contributed by atoms with E-state index in [1.165, 1.54) is 23.1 Å². The minimum atomic E-state index is -2.74. The van der Waals surface area contributed by atoms with Crippen molar-refractivity contribution >= 4 is 46.3 Å². The number of furan rings is 1. The van der Waals surface area contributed by atoms with Gasteiger partial charge in [0, 0.05) is 54.7 Å². The molecule has 1 aliphatic heterocycles. The molecule has 0 atom stereocenters. The molecule has 0 radical (unpaired) electrons. The summed E-state index contributed by atoms with van der Waals surface area (Å²) in [6.07, 6.45) is 3.87. The normalized spacial score (nSPS) is 14.6. The molecule has 11 heteroatoms. The van der Waals surface area contributed by atoms with E-state index < -0.39 is 11.7 Å². The summed E-state index contributed by atoms with van der Waals surface area (Å²) >= 11 is 6.12.